The lowest BCUT2D eigenvalue weighted by Crippen LogP contribution is -2.26. The minimum absolute atomic E-state index is 0.0107. The number of rotatable bonds is 4. The Morgan fingerprint density at radius 1 is 1.33 bits per heavy atom. The molecule has 7 heteroatoms. The van der Waals surface area contributed by atoms with E-state index in [0.29, 0.717) is 5.92 Å². The Balaban J connectivity index is 2.15. The third-order valence-electron chi connectivity index (χ3n) is 3.82. The number of nitrogens with one attached hydrogen (secondary N) is 1. The van der Waals surface area contributed by atoms with Gasteiger partial charge < -0.3 is 10.1 Å². The van der Waals surface area contributed by atoms with E-state index in [2.05, 4.69) is 22.2 Å². The summed E-state index contributed by atoms with van der Waals surface area (Å²) in [6.07, 6.45) is 0.427. The third kappa shape index (κ3) is 4.22. The van der Waals surface area contributed by atoms with Gasteiger partial charge in [-0.1, -0.05) is 19.8 Å². The molecule has 21 heavy (non-hydrogen) atoms. The quantitative estimate of drug-likeness (QED) is 0.917. The van der Waals surface area contributed by atoms with Crippen molar-refractivity contribution in [1.82, 2.24) is 9.97 Å². The predicted molar refractivity (Wildman–Crippen MR) is 73.2 cm³/mol. The van der Waals surface area contributed by atoms with Gasteiger partial charge in [-0.3, -0.25) is 0 Å². The van der Waals surface area contributed by atoms with Crippen LogP contribution in [0.25, 0.3) is 0 Å². The molecule has 118 valence electrons. The highest BCUT2D eigenvalue weighted by molar-refractivity contribution is 5.31. The summed E-state index contributed by atoms with van der Waals surface area (Å²) in [7, 11) is 1.48. The van der Waals surface area contributed by atoms with Crippen molar-refractivity contribution in [1.29, 1.82) is 0 Å². The van der Waals surface area contributed by atoms with Crippen LogP contribution in [0.4, 0.5) is 19.1 Å². The van der Waals surface area contributed by atoms with Crippen LogP contribution >= 0.6 is 0 Å². The van der Waals surface area contributed by atoms with Crippen molar-refractivity contribution in [3.63, 3.8) is 0 Å². The topological polar surface area (TPSA) is 47.0 Å². The zero-order chi connectivity index (χ0) is 15.5. The Bertz CT molecular complexity index is 479. The molecule has 0 bridgehead atoms. The largest absolute Gasteiger partial charge is 0.474 e. The van der Waals surface area contributed by atoms with Crippen LogP contribution in [0.3, 0.4) is 0 Å². The lowest BCUT2D eigenvalue weighted by molar-refractivity contribution is -0.141. The van der Waals surface area contributed by atoms with Gasteiger partial charge in [-0.2, -0.15) is 18.2 Å². The van der Waals surface area contributed by atoms with E-state index in [1.165, 1.54) is 7.05 Å². The van der Waals surface area contributed by atoms with Gasteiger partial charge in [0.15, 0.2) is 5.69 Å². The Labute approximate surface area is 122 Å². The fraction of sp³-hybridized carbons (Fsp3) is 0.714. The van der Waals surface area contributed by atoms with E-state index in [4.69, 9.17) is 4.74 Å². The molecule has 1 heterocycles. The van der Waals surface area contributed by atoms with Gasteiger partial charge in [0.1, 0.15) is 6.10 Å². The minimum Gasteiger partial charge on any atom is -0.474 e. The van der Waals surface area contributed by atoms with E-state index in [0.717, 1.165) is 38.2 Å². The zero-order valence-electron chi connectivity index (χ0n) is 12.2. The molecule has 0 radical (unpaired) electrons. The molecular formula is C14H20F3N3O. The van der Waals surface area contributed by atoms with Crippen LogP contribution in [0.15, 0.2) is 6.07 Å². The summed E-state index contributed by atoms with van der Waals surface area (Å²) in [6.45, 7) is 2.12. The van der Waals surface area contributed by atoms with Crippen molar-refractivity contribution in [3.05, 3.63) is 11.8 Å². The van der Waals surface area contributed by atoms with Crippen molar-refractivity contribution in [2.45, 2.75) is 51.3 Å². The molecule has 1 saturated carbocycles. The number of alkyl halides is 3. The van der Waals surface area contributed by atoms with Gasteiger partial charge in [0.2, 0.25) is 11.8 Å². The summed E-state index contributed by atoms with van der Waals surface area (Å²) in [4.78, 5) is 7.39. The molecule has 0 spiro atoms. The first-order chi connectivity index (χ1) is 9.92. The van der Waals surface area contributed by atoms with Gasteiger partial charge in [0, 0.05) is 13.1 Å². The Hall–Kier alpha value is -1.53. The van der Waals surface area contributed by atoms with Gasteiger partial charge in [-0.05, 0) is 25.2 Å². The van der Waals surface area contributed by atoms with Crippen LogP contribution in [0.5, 0.6) is 5.88 Å². The molecule has 4 nitrogen and oxygen atoms in total. The van der Waals surface area contributed by atoms with E-state index in [1.807, 2.05) is 0 Å². The van der Waals surface area contributed by atoms with Crippen molar-refractivity contribution < 1.29 is 17.9 Å². The van der Waals surface area contributed by atoms with Crippen molar-refractivity contribution >= 4 is 5.95 Å². The molecule has 1 aromatic rings. The maximum atomic E-state index is 12.8. The fourth-order valence-corrected chi connectivity index (χ4v) is 2.63. The monoisotopic (exact) mass is 303 g/mol. The summed E-state index contributed by atoms with van der Waals surface area (Å²) >= 11 is 0. The van der Waals surface area contributed by atoms with E-state index >= 15 is 0 Å². The SMILES string of the molecule is CCC1CCCC(Oc2cc(C(F)(F)F)nc(NC)n2)C1. The second kappa shape index (κ2) is 6.49. The van der Waals surface area contributed by atoms with Gasteiger partial charge in [-0.25, -0.2) is 4.98 Å². The van der Waals surface area contributed by atoms with E-state index in [-0.39, 0.29) is 17.9 Å². The molecule has 1 aliphatic carbocycles. The summed E-state index contributed by atoms with van der Waals surface area (Å²) in [5, 5.41) is 2.53. The standard InChI is InChI=1S/C14H20F3N3O/c1-3-9-5-4-6-10(7-9)21-12-8-11(14(15,16)17)19-13(18-2)20-12/h8-10H,3-7H2,1-2H3,(H,18,19,20). The lowest BCUT2D eigenvalue weighted by Gasteiger charge is -2.28. The third-order valence-corrected chi connectivity index (χ3v) is 3.82. The predicted octanol–water partition coefficient (Wildman–Crippen LogP) is 3.88. The van der Waals surface area contributed by atoms with Gasteiger partial charge in [0.25, 0.3) is 0 Å². The first-order valence-electron chi connectivity index (χ1n) is 7.23. The van der Waals surface area contributed by atoms with Crippen LogP contribution < -0.4 is 10.1 Å². The highest BCUT2D eigenvalue weighted by Crippen LogP contribution is 2.32. The molecule has 1 aromatic heterocycles. The maximum absolute atomic E-state index is 12.8. The highest BCUT2D eigenvalue weighted by atomic mass is 19.4. The average molecular weight is 303 g/mol. The van der Waals surface area contributed by atoms with Crippen LogP contribution in [0.1, 0.15) is 44.7 Å². The molecule has 0 aromatic carbocycles. The molecule has 2 atom stereocenters. The van der Waals surface area contributed by atoms with Crippen molar-refractivity contribution in [2.24, 2.45) is 5.92 Å². The Kier molecular flexibility index (Phi) is 4.90. The number of ether oxygens (including phenoxy) is 1. The number of hydrogen-bond acceptors (Lipinski definition) is 4. The normalized spacial score (nSPS) is 22.9. The first-order valence-corrected chi connectivity index (χ1v) is 7.23. The number of aromatic nitrogens is 2. The van der Waals surface area contributed by atoms with Crippen LogP contribution in [-0.2, 0) is 6.18 Å². The number of halogens is 3. The van der Waals surface area contributed by atoms with Crippen molar-refractivity contribution in [3.8, 4) is 5.88 Å². The molecule has 0 amide bonds. The van der Waals surface area contributed by atoms with Crippen LogP contribution in [-0.4, -0.2) is 23.1 Å². The number of hydrogen-bond donors (Lipinski definition) is 1. The molecular weight excluding hydrogens is 283 g/mol. The van der Waals surface area contributed by atoms with Gasteiger partial charge in [-0.15, -0.1) is 0 Å². The lowest BCUT2D eigenvalue weighted by atomic mass is 9.85. The number of nitrogens with zero attached hydrogens (tertiary/aromatic N) is 2. The van der Waals surface area contributed by atoms with E-state index < -0.39 is 11.9 Å². The molecule has 2 rings (SSSR count). The Morgan fingerprint density at radius 3 is 2.71 bits per heavy atom. The minimum atomic E-state index is -4.51. The second-order valence-electron chi connectivity index (χ2n) is 5.34. The molecule has 1 N–H and O–H groups in total. The maximum Gasteiger partial charge on any atom is 0.433 e. The Morgan fingerprint density at radius 2 is 2.10 bits per heavy atom. The fourth-order valence-electron chi connectivity index (χ4n) is 2.63. The second-order valence-corrected chi connectivity index (χ2v) is 5.34. The smallest absolute Gasteiger partial charge is 0.433 e. The summed E-state index contributed by atoms with van der Waals surface area (Å²) in [5.41, 5.74) is -0.986. The summed E-state index contributed by atoms with van der Waals surface area (Å²) < 4.78 is 44.1. The van der Waals surface area contributed by atoms with Crippen LogP contribution in [0.2, 0.25) is 0 Å². The molecule has 0 saturated heterocycles. The average Bonchev–Trinajstić information content (AvgIpc) is 2.46. The number of anilines is 1. The van der Waals surface area contributed by atoms with Crippen molar-refractivity contribution in [2.75, 3.05) is 12.4 Å². The van der Waals surface area contributed by atoms with Gasteiger partial charge >= 0.3 is 6.18 Å². The van der Waals surface area contributed by atoms with Gasteiger partial charge in [0.05, 0.1) is 0 Å². The first kappa shape index (κ1) is 15.9. The summed E-state index contributed by atoms with van der Waals surface area (Å²) in [5.74, 6) is 0.488. The highest BCUT2D eigenvalue weighted by Gasteiger charge is 2.34. The summed E-state index contributed by atoms with van der Waals surface area (Å²) in [6, 6.07) is 0.871. The van der Waals surface area contributed by atoms with E-state index in [9.17, 15) is 13.2 Å². The molecule has 2 unspecified atom stereocenters. The molecule has 0 aliphatic heterocycles. The molecule has 1 aliphatic rings. The van der Waals surface area contributed by atoms with Crippen LogP contribution in [0, 0.1) is 5.92 Å². The van der Waals surface area contributed by atoms with E-state index in [1.54, 1.807) is 0 Å². The zero-order valence-corrected chi connectivity index (χ0v) is 12.2. The molecule has 1 fully saturated rings.